The van der Waals surface area contributed by atoms with Crippen LogP contribution in [0.4, 0.5) is 13.2 Å². The van der Waals surface area contributed by atoms with Gasteiger partial charge in [0.2, 0.25) is 0 Å². The maximum Gasteiger partial charge on any atom is 0.433 e. The van der Waals surface area contributed by atoms with E-state index in [1.54, 1.807) is 12.1 Å². The molecule has 3 rings (SSSR count). The number of aliphatic hydroxyl groups is 1. The molecule has 0 radical (unpaired) electrons. The maximum absolute atomic E-state index is 12.5. The van der Waals surface area contributed by atoms with Crippen molar-refractivity contribution in [3.05, 3.63) is 59.9 Å². The summed E-state index contributed by atoms with van der Waals surface area (Å²) in [5, 5.41) is 10.3. The molecule has 0 unspecified atom stereocenters. The largest absolute Gasteiger partial charge is 0.433 e. The molecule has 2 heterocycles. The molecule has 1 N–H and O–H groups in total. The van der Waals surface area contributed by atoms with Gasteiger partial charge in [0.05, 0.1) is 17.8 Å². The molecule has 3 aromatic rings. The van der Waals surface area contributed by atoms with Crippen molar-refractivity contribution in [1.29, 1.82) is 0 Å². The van der Waals surface area contributed by atoms with E-state index in [0.717, 1.165) is 17.6 Å². The van der Waals surface area contributed by atoms with Crippen molar-refractivity contribution in [2.75, 3.05) is 0 Å². The van der Waals surface area contributed by atoms with Gasteiger partial charge in [0.25, 0.3) is 0 Å². The number of nitrogens with zero attached hydrogens (tertiary/aromatic N) is 2. The van der Waals surface area contributed by atoms with E-state index in [-0.39, 0.29) is 6.61 Å². The van der Waals surface area contributed by atoms with E-state index in [2.05, 4.69) is 9.97 Å². The van der Waals surface area contributed by atoms with Crippen molar-refractivity contribution in [1.82, 2.24) is 9.97 Å². The van der Waals surface area contributed by atoms with Crippen LogP contribution in [0, 0.1) is 0 Å². The summed E-state index contributed by atoms with van der Waals surface area (Å²) in [6, 6.07) is 11.2. The number of hydrogen-bond donors (Lipinski definition) is 1. The normalized spacial score (nSPS) is 11.8. The van der Waals surface area contributed by atoms with Crippen LogP contribution in [0.5, 0.6) is 0 Å². The number of hydrogen-bond acceptors (Lipinski definition) is 3. The van der Waals surface area contributed by atoms with Crippen LogP contribution in [0.25, 0.3) is 22.2 Å². The lowest BCUT2D eigenvalue weighted by atomic mass is 10.1. The third kappa shape index (κ3) is 2.65. The second-order valence-corrected chi connectivity index (χ2v) is 4.77. The minimum Gasteiger partial charge on any atom is -0.392 e. The summed E-state index contributed by atoms with van der Waals surface area (Å²) in [6.07, 6.45) is -3.33. The van der Waals surface area contributed by atoms with Crippen LogP contribution in [0.2, 0.25) is 0 Å². The van der Waals surface area contributed by atoms with Gasteiger partial charge in [-0.1, -0.05) is 18.2 Å². The second-order valence-electron chi connectivity index (χ2n) is 4.77. The molecule has 0 aliphatic heterocycles. The Morgan fingerprint density at radius 1 is 1.05 bits per heavy atom. The van der Waals surface area contributed by atoms with Crippen LogP contribution in [-0.4, -0.2) is 15.1 Å². The number of benzene rings is 1. The first-order valence-corrected chi connectivity index (χ1v) is 6.52. The van der Waals surface area contributed by atoms with Gasteiger partial charge in [0.1, 0.15) is 5.69 Å². The average Bonchev–Trinajstić information content (AvgIpc) is 2.53. The van der Waals surface area contributed by atoms with Crippen molar-refractivity contribution >= 4 is 10.9 Å². The molecule has 112 valence electrons. The van der Waals surface area contributed by atoms with Crippen LogP contribution >= 0.6 is 0 Å². The Labute approximate surface area is 124 Å². The van der Waals surface area contributed by atoms with Gasteiger partial charge in [0.15, 0.2) is 0 Å². The molecule has 0 amide bonds. The predicted molar refractivity (Wildman–Crippen MR) is 75.9 cm³/mol. The number of rotatable bonds is 2. The summed E-state index contributed by atoms with van der Waals surface area (Å²) < 4.78 is 37.6. The summed E-state index contributed by atoms with van der Waals surface area (Å²) in [4.78, 5) is 7.85. The Hall–Kier alpha value is -2.47. The standard InChI is InChI=1S/C16H11F3N2O/c17-16(18,19)15-6-5-10(8-20-15)14-7-11(9-22)12-3-1-2-4-13(12)21-14/h1-8,22H,9H2. The molecule has 0 bridgehead atoms. The molecular formula is C16H11F3N2O. The Balaban J connectivity index is 2.10. The van der Waals surface area contributed by atoms with Gasteiger partial charge >= 0.3 is 6.18 Å². The second kappa shape index (κ2) is 5.38. The number of pyridine rings is 2. The lowest BCUT2D eigenvalue weighted by Gasteiger charge is -2.09. The molecule has 0 saturated carbocycles. The Bertz CT molecular complexity index is 814. The molecule has 2 aromatic heterocycles. The number of para-hydroxylation sites is 1. The summed E-state index contributed by atoms with van der Waals surface area (Å²) in [7, 11) is 0. The van der Waals surface area contributed by atoms with Gasteiger partial charge in [-0.2, -0.15) is 13.2 Å². The Morgan fingerprint density at radius 2 is 1.82 bits per heavy atom. The summed E-state index contributed by atoms with van der Waals surface area (Å²) in [5.41, 5.74) is 1.33. The highest BCUT2D eigenvalue weighted by Crippen LogP contribution is 2.29. The molecule has 0 aliphatic rings. The smallest absolute Gasteiger partial charge is 0.392 e. The maximum atomic E-state index is 12.5. The first kappa shape index (κ1) is 14.5. The van der Waals surface area contributed by atoms with Crippen LogP contribution in [0.1, 0.15) is 11.3 Å². The molecule has 0 aliphatic carbocycles. The van der Waals surface area contributed by atoms with Crippen molar-refractivity contribution in [2.24, 2.45) is 0 Å². The Kier molecular flexibility index (Phi) is 3.54. The van der Waals surface area contributed by atoms with Gasteiger partial charge in [-0.05, 0) is 29.8 Å². The van der Waals surface area contributed by atoms with Crippen LogP contribution < -0.4 is 0 Å². The fraction of sp³-hybridized carbons (Fsp3) is 0.125. The topological polar surface area (TPSA) is 46.0 Å². The molecular weight excluding hydrogens is 293 g/mol. The molecule has 1 aromatic carbocycles. The number of aromatic nitrogens is 2. The van der Waals surface area contributed by atoms with Crippen LogP contribution in [-0.2, 0) is 12.8 Å². The first-order valence-electron chi connectivity index (χ1n) is 6.52. The van der Waals surface area contributed by atoms with Crippen molar-refractivity contribution in [2.45, 2.75) is 12.8 Å². The van der Waals surface area contributed by atoms with E-state index in [1.165, 1.54) is 6.07 Å². The minimum atomic E-state index is -4.47. The lowest BCUT2D eigenvalue weighted by Crippen LogP contribution is -2.07. The number of fused-ring (bicyclic) bond motifs is 1. The first-order chi connectivity index (χ1) is 10.5. The van der Waals surface area contributed by atoms with Gasteiger partial charge in [-0.15, -0.1) is 0 Å². The predicted octanol–water partition coefficient (Wildman–Crippen LogP) is 3.81. The lowest BCUT2D eigenvalue weighted by molar-refractivity contribution is -0.141. The quantitative estimate of drug-likeness (QED) is 0.783. The van der Waals surface area contributed by atoms with Crippen molar-refractivity contribution < 1.29 is 18.3 Å². The summed E-state index contributed by atoms with van der Waals surface area (Å²) in [5.74, 6) is 0. The summed E-state index contributed by atoms with van der Waals surface area (Å²) in [6.45, 7) is -0.176. The molecule has 3 nitrogen and oxygen atoms in total. The van der Waals surface area contributed by atoms with Gasteiger partial charge in [0, 0.05) is 17.1 Å². The fourth-order valence-electron chi connectivity index (χ4n) is 2.24. The molecule has 0 spiro atoms. The van der Waals surface area contributed by atoms with E-state index < -0.39 is 11.9 Å². The molecule has 22 heavy (non-hydrogen) atoms. The van der Waals surface area contributed by atoms with Crippen LogP contribution in [0.3, 0.4) is 0 Å². The average molecular weight is 304 g/mol. The number of halogens is 3. The number of alkyl halides is 3. The monoisotopic (exact) mass is 304 g/mol. The summed E-state index contributed by atoms with van der Waals surface area (Å²) >= 11 is 0. The highest BCUT2D eigenvalue weighted by molar-refractivity contribution is 5.85. The third-order valence-electron chi connectivity index (χ3n) is 3.32. The minimum absolute atomic E-state index is 0.176. The van der Waals surface area contributed by atoms with E-state index in [9.17, 15) is 18.3 Å². The van der Waals surface area contributed by atoms with Gasteiger partial charge in [-0.25, -0.2) is 4.98 Å². The van der Waals surface area contributed by atoms with E-state index in [4.69, 9.17) is 0 Å². The zero-order chi connectivity index (χ0) is 15.7. The van der Waals surface area contributed by atoms with Gasteiger partial charge in [-0.3, -0.25) is 4.98 Å². The SMILES string of the molecule is OCc1cc(-c2ccc(C(F)(F)F)nc2)nc2ccccc12. The molecule has 0 saturated heterocycles. The van der Waals surface area contributed by atoms with Crippen molar-refractivity contribution in [3.63, 3.8) is 0 Å². The third-order valence-corrected chi connectivity index (χ3v) is 3.32. The highest BCUT2D eigenvalue weighted by Gasteiger charge is 2.32. The fourth-order valence-corrected chi connectivity index (χ4v) is 2.24. The zero-order valence-electron chi connectivity index (χ0n) is 11.3. The molecule has 0 atom stereocenters. The molecule has 6 heteroatoms. The van der Waals surface area contributed by atoms with Crippen LogP contribution in [0.15, 0.2) is 48.7 Å². The Morgan fingerprint density at radius 3 is 2.45 bits per heavy atom. The molecule has 0 fully saturated rings. The van der Waals surface area contributed by atoms with E-state index >= 15 is 0 Å². The van der Waals surface area contributed by atoms with E-state index in [0.29, 0.717) is 22.3 Å². The number of aliphatic hydroxyl groups excluding tert-OH is 1. The zero-order valence-corrected chi connectivity index (χ0v) is 11.3. The van der Waals surface area contributed by atoms with Gasteiger partial charge < -0.3 is 5.11 Å². The van der Waals surface area contributed by atoms with Crippen molar-refractivity contribution in [3.8, 4) is 11.3 Å². The van der Waals surface area contributed by atoms with E-state index in [1.807, 2.05) is 18.2 Å². The highest BCUT2D eigenvalue weighted by atomic mass is 19.4.